The monoisotopic (exact) mass is 329 g/mol. The number of nitrogens with zero attached hydrogens (tertiary/aromatic N) is 1. The maximum Gasteiger partial charge on any atom is 0.229 e. The van der Waals surface area contributed by atoms with E-state index in [0.29, 0.717) is 0 Å². The Labute approximate surface area is 146 Å². The Morgan fingerprint density at radius 3 is 2.71 bits per heavy atom. The van der Waals surface area contributed by atoms with Crippen LogP contribution in [0.2, 0.25) is 0 Å². The fourth-order valence-electron chi connectivity index (χ4n) is 3.94. The molecule has 24 heavy (non-hydrogen) atoms. The number of aliphatic hydroxyl groups is 1. The largest absolute Gasteiger partial charge is 0.394 e. The van der Waals surface area contributed by atoms with Crippen molar-refractivity contribution in [1.29, 1.82) is 0 Å². The summed E-state index contributed by atoms with van der Waals surface area (Å²) in [6.07, 6.45) is 8.29. The first-order valence-electron chi connectivity index (χ1n) is 9.23. The van der Waals surface area contributed by atoms with Gasteiger partial charge in [-0.3, -0.25) is 4.79 Å². The van der Waals surface area contributed by atoms with Gasteiger partial charge >= 0.3 is 0 Å². The van der Waals surface area contributed by atoms with E-state index in [0.717, 1.165) is 51.5 Å². The van der Waals surface area contributed by atoms with E-state index < -0.39 is 0 Å². The van der Waals surface area contributed by atoms with Crippen molar-refractivity contribution in [3.05, 3.63) is 48.6 Å². The highest BCUT2D eigenvalue weighted by atomic mass is 16.3. The number of aryl methyl sites for hydroxylation is 1. The third-order valence-corrected chi connectivity index (χ3v) is 5.24. The van der Waals surface area contributed by atoms with Crippen LogP contribution in [0.1, 0.15) is 51.0 Å². The van der Waals surface area contributed by atoms with Gasteiger partial charge in [0, 0.05) is 6.54 Å². The molecule has 0 aromatic heterocycles. The highest BCUT2D eigenvalue weighted by molar-refractivity contribution is 5.85. The standard InChI is InChI=1S/C21H31NO2/c1-3-5-14-21(13-4-2)16-19(17-23)22(20(21)24)15-9-12-18-10-7-6-8-11-18/h4,6-8,10-11,19,23H,2-3,5,9,12-17H2,1H3/t19-,21-/m0/s1. The molecule has 0 bridgehead atoms. The summed E-state index contributed by atoms with van der Waals surface area (Å²) >= 11 is 0. The molecule has 1 aliphatic rings. The summed E-state index contributed by atoms with van der Waals surface area (Å²) in [5.74, 6) is 0.225. The van der Waals surface area contributed by atoms with Gasteiger partial charge in [-0.15, -0.1) is 6.58 Å². The van der Waals surface area contributed by atoms with Crippen LogP contribution in [0.5, 0.6) is 0 Å². The summed E-state index contributed by atoms with van der Waals surface area (Å²) < 4.78 is 0. The molecule has 132 valence electrons. The van der Waals surface area contributed by atoms with Crippen molar-refractivity contribution in [3.63, 3.8) is 0 Å². The van der Waals surface area contributed by atoms with Gasteiger partial charge in [-0.05, 0) is 37.7 Å². The Balaban J connectivity index is 2.02. The number of rotatable bonds is 10. The van der Waals surface area contributed by atoms with Gasteiger partial charge in [-0.25, -0.2) is 0 Å². The first-order valence-corrected chi connectivity index (χ1v) is 9.23. The molecule has 1 aromatic rings. The zero-order valence-corrected chi connectivity index (χ0v) is 14.9. The minimum Gasteiger partial charge on any atom is -0.394 e. The predicted molar refractivity (Wildman–Crippen MR) is 98.7 cm³/mol. The van der Waals surface area contributed by atoms with E-state index in [1.807, 2.05) is 29.2 Å². The van der Waals surface area contributed by atoms with Crippen molar-refractivity contribution in [1.82, 2.24) is 4.90 Å². The molecule has 1 aliphatic heterocycles. The lowest BCUT2D eigenvalue weighted by Crippen LogP contribution is -2.39. The summed E-state index contributed by atoms with van der Waals surface area (Å²) in [4.78, 5) is 15.0. The SMILES string of the molecule is C=CC[C@]1(CCCC)C[C@@H](CO)N(CCCc2ccccc2)C1=O. The molecule has 0 aliphatic carbocycles. The lowest BCUT2D eigenvalue weighted by molar-refractivity contribution is -0.137. The van der Waals surface area contributed by atoms with Crippen LogP contribution in [0.3, 0.4) is 0 Å². The summed E-state index contributed by atoms with van der Waals surface area (Å²) in [5, 5.41) is 9.78. The van der Waals surface area contributed by atoms with Gasteiger partial charge in [0.2, 0.25) is 5.91 Å². The number of hydrogen-bond donors (Lipinski definition) is 1. The van der Waals surface area contributed by atoms with Crippen LogP contribution in [-0.2, 0) is 11.2 Å². The van der Waals surface area contributed by atoms with E-state index in [-0.39, 0.29) is 24.0 Å². The molecule has 0 spiro atoms. The van der Waals surface area contributed by atoms with Gasteiger partial charge in [0.25, 0.3) is 0 Å². The first-order chi connectivity index (χ1) is 11.7. The molecular weight excluding hydrogens is 298 g/mol. The fraction of sp³-hybridized carbons (Fsp3) is 0.571. The summed E-state index contributed by atoms with van der Waals surface area (Å²) in [7, 11) is 0. The highest BCUT2D eigenvalue weighted by Gasteiger charge is 2.49. The molecule has 1 heterocycles. The van der Waals surface area contributed by atoms with E-state index in [9.17, 15) is 9.90 Å². The summed E-state index contributed by atoms with van der Waals surface area (Å²) in [6.45, 7) is 6.79. The van der Waals surface area contributed by atoms with E-state index in [1.54, 1.807) is 0 Å². The molecule has 1 N–H and O–H groups in total. The second kappa shape index (κ2) is 9.03. The number of likely N-dealkylation sites (tertiary alicyclic amines) is 1. The van der Waals surface area contributed by atoms with Crippen LogP contribution < -0.4 is 0 Å². The molecular formula is C21H31NO2. The number of allylic oxidation sites excluding steroid dienone is 1. The van der Waals surface area contributed by atoms with Gasteiger partial charge in [-0.1, -0.05) is 56.2 Å². The normalized spacial score (nSPS) is 23.7. The van der Waals surface area contributed by atoms with Crippen LogP contribution in [0.25, 0.3) is 0 Å². The van der Waals surface area contributed by atoms with Crippen LogP contribution in [0.15, 0.2) is 43.0 Å². The van der Waals surface area contributed by atoms with Crippen molar-refractivity contribution in [3.8, 4) is 0 Å². The molecule has 2 atom stereocenters. The molecule has 2 rings (SSSR count). The number of hydrogen-bond acceptors (Lipinski definition) is 2. The molecule has 1 amide bonds. The predicted octanol–water partition coefficient (Wildman–Crippen LogP) is 3.97. The maximum absolute atomic E-state index is 13.1. The first kappa shape index (κ1) is 18.7. The van der Waals surface area contributed by atoms with Crippen LogP contribution >= 0.6 is 0 Å². The van der Waals surface area contributed by atoms with Crippen molar-refractivity contribution < 1.29 is 9.90 Å². The second-order valence-corrected chi connectivity index (χ2v) is 7.00. The lowest BCUT2D eigenvalue weighted by atomic mass is 9.77. The number of carbonyl (C=O) groups is 1. The van der Waals surface area contributed by atoms with Gasteiger partial charge < -0.3 is 10.0 Å². The van der Waals surface area contributed by atoms with Gasteiger partial charge in [0.15, 0.2) is 0 Å². The topological polar surface area (TPSA) is 40.5 Å². The molecule has 3 heteroatoms. The number of benzene rings is 1. The maximum atomic E-state index is 13.1. The van der Waals surface area contributed by atoms with E-state index in [4.69, 9.17) is 0 Å². The van der Waals surface area contributed by atoms with Crippen molar-refractivity contribution in [2.75, 3.05) is 13.2 Å². The zero-order valence-electron chi connectivity index (χ0n) is 14.9. The Morgan fingerprint density at radius 1 is 1.33 bits per heavy atom. The summed E-state index contributed by atoms with van der Waals surface area (Å²) in [6, 6.07) is 10.3. The molecule has 1 saturated heterocycles. The third kappa shape index (κ3) is 4.27. The third-order valence-electron chi connectivity index (χ3n) is 5.24. The average Bonchev–Trinajstić information content (AvgIpc) is 2.87. The van der Waals surface area contributed by atoms with Gasteiger partial charge in [-0.2, -0.15) is 0 Å². The van der Waals surface area contributed by atoms with E-state index in [2.05, 4.69) is 25.6 Å². The number of amides is 1. The van der Waals surface area contributed by atoms with Crippen molar-refractivity contribution in [2.45, 2.75) is 57.9 Å². The van der Waals surface area contributed by atoms with E-state index >= 15 is 0 Å². The number of carbonyl (C=O) groups excluding carboxylic acids is 1. The fourth-order valence-corrected chi connectivity index (χ4v) is 3.94. The Hall–Kier alpha value is -1.61. The minimum atomic E-state index is -0.335. The second-order valence-electron chi connectivity index (χ2n) is 7.00. The van der Waals surface area contributed by atoms with E-state index in [1.165, 1.54) is 5.56 Å². The van der Waals surface area contributed by atoms with Crippen LogP contribution in [0.4, 0.5) is 0 Å². The van der Waals surface area contributed by atoms with Gasteiger partial charge in [0.1, 0.15) is 0 Å². The number of unbranched alkanes of at least 4 members (excludes halogenated alkanes) is 1. The van der Waals surface area contributed by atoms with Crippen molar-refractivity contribution >= 4 is 5.91 Å². The molecule has 1 fully saturated rings. The molecule has 3 nitrogen and oxygen atoms in total. The highest BCUT2D eigenvalue weighted by Crippen LogP contribution is 2.43. The summed E-state index contributed by atoms with van der Waals surface area (Å²) in [5.41, 5.74) is 0.964. The Morgan fingerprint density at radius 2 is 2.08 bits per heavy atom. The molecule has 0 unspecified atom stereocenters. The van der Waals surface area contributed by atoms with Gasteiger partial charge in [0.05, 0.1) is 18.1 Å². The molecule has 0 saturated carbocycles. The quantitative estimate of drug-likeness (QED) is 0.660. The smallest absolute Gasteiger partial charge is 0.229 e. The average molecular weight is 329 g/mol. The number of aliphatic hydroxyl groups excluding tert-OH is 1. The Kier molecular flexibility index (Phi) is 7.04. The Bertz CT molecular complexity index is 528. The zero-order chi connectivity index (χ0) is 17.4. The minimum absolute atomic E-state index is 0.0370. The lowest BCUT2D eigenvalue weighted by Gasteiger charge is -2.27. The van der Waals surface area contributed by atoms with Crippen LogP contribution in [-0.4, -0.2) is 35.1 Å². The van der Waals surface area contributed by atoms with Crippen molar-refractivity contribution in [2.24, 2.45) is 5.41 Å². The molecule has 1 aromatic carbocycles. The van der Waals surface area contributed by atoms with Crippen LogP contribution in [0, 0.1) is 5.41 Å². The molecule has 0 radical (unpaired) electrons.